The molecule has 0 aliphatic carbocycles. The van der Waals surface area contributed by atoms with Crippen LogP contribution < -0.4 is 26.4 Å². The highest BCUT2D eigenvalue weighted by molar-refractivity contribution is 6.07. The number of aromatic amines is 1. The van der Waals surface area contributed by atoms with Gasteiger partial charge in [-0.25, -0.2) is 4.79 Å². The predicted molar refractivity (Wildman–Crippen MR) is 119 cm³/mol. The molecule has 0 atom stereocenters. The molecule has 160 valence electrons. The number of rotatable bonds is 6. The van der Waals surface area contributed by atoms with Gasteiger partial charge in [0.2, 0.25) is 5.91 Å². The topological polar surface area (TPSA) is 138 Å². The maximum atomic E-state index is 12.4. The summed E-state index contributed by atoms with van der Waals surface area (Å²) >= 11 is 0. The summed E-state index contributed by atoms with van der Waals surface area (Å²) in [5.41, 5.74) is 8.98. The molecule has 0 aliphatic rings. The third-order valence-electron chi connectivity index (χ3n) is 4.48. The first-order chi connectivity index (χ1) is 14.8. The van der Waals surface area contributed by atoms with Gasteiger partial charge in [0, 0.05) is 24.4 Å². The Morgan fingerprint density at radius 2 is 1.71 bits per heavy atom. The van der Waals surface area contributed by atoms with Crippen LogP contribution in [0.25, 0.3) is 11.1 Å². The largest absolute Gasteiger partial charge is 0.495 e. The maximum Gasteiger partial charge on any atom is 0.323 e. The van der Waals surface area contributed by atoms with Crippen LogP contribution in [0, 0.1) is 6.92 Å². The highest BCUT2D eigenvalue weighted by Gasteiger charge is 2.18. The van der Waals surface area contributed by atoms with Gasteiger partial charge in [-0.05, 0) is 42.3 Å². The Morgan fingerprint density at radius 3 is 2.32 bits per heavy atom. The molecule has 3 rings (SSSR count). The molecule has 0 radical (unpaired) electrons. The van der Waals surface area contributed by atoms with Gasteiger partial charge in [0.15, 0.2) is 0 Å². The minimum Gasteiger partial charge on any atom is -0.495 e. The molecule has 0 bridgehead atoms. The molecular weight excluding hydrogens is 398 g/mol. The number of nitrogens with one attached hydrogen (secondary N) is 4. The molecule has 0 saturated heterocycles. The van der Waals surface area contributed by atoms with Crippen LogP contribution >= 0.6 is 0 Å². The van der Waals surface area contributed by atoms with Gasteiger partial charge < -0.3 is 31.4 Å². The van der Waals surface area contributed by atoms with E-state index in [2.05, 4.69) is 20.9 Å². The summed E-state index contributed by atoms with van der Waals surface area (Å²) in [6, 6.07) is 11.9. The van der Waals surface area contributed by atoms with Crippen molar-refractivity contribution in [3.05, 3.63) is 59.8 Å². The quantitative estimate of drug-likeness (QED) is 0.414. The second-order valence-electron chi connectivity index (χ2n) is 6.86. The number of hydrogen-bond acceptors (Lipinski definition) is 4. The van der Waals surface area contributed by atoms with Crippen molar-refractivity contribution in [2.45, 2.75) is 13.8 Å². The van der Waals surface area contributed by atoms with Crippen molar-refractivity contribution in [3.8, 4) is 16.9 Å². The monoisotopic (exact) mass is 421 g/mol. The van der Waals surface area contributed by atoms with E-state index < -0.39 is 11.9 Å². The zero-order valence-corrected chi connectivity index (χ0v) is 17.3. The fourth-order valence-corrected chi connectivity index (χ4v) is 3.12. The highest BCUT2D eigenvalue weighted by Crippen LogP contribution is 2.30. The molecule has 0 unspecified atom stereocenters. The summed E-state index contributed by atoms with van der Waals surface area (Å²) in [7, 11) is 1.53. The standard InChI is InChI=1S/C22H23N5O4/c1-12-4-9-18(31-3)17(10-12)27-22(30)26-15-7-5-14(6-8-15)16-11-24-21(25-13(2)28)19(16)20(23)29/h4-11,24H,1-3H3,(H2,23,29)(H,25,28)(H2,26,27,30). The average molecular weight is 421 g/mol. The molecule has 6 N–H and O–H groups in total. The number of amides is 4. The third kappa shape index (κ3) is 5.02. The molecule has 3 aromatic rings. The van der Waals surface area contributed by atoms with E-state index in [0.29, 0.717) is 28.3 Å². The minimum atomic E-state index is -0.673. The molecular formula is C22H23N5O4. The van der Waals surface area contributed by atoms with Crippen LogP contribution in [0.2, 0.25) is 0 Å². The minimum absolute atomic E-state index is 0.181. The van der Waals surface area contributed by atoms with Crippen molar-refractivity contribution in [1.82, 2.24) is 4.98 Å². The van der Waals surface area contributed by atoms with Gasteiger partial charge in [-0.15, -0.1) is 0 Å². The van der Waals surface area contributed by atoms with Gasteiger partial charge in [-0.2, -0.15) is 0 Å². The van der Waals surface area contributed by atoms with Gasteiger partial charge in [0.25, 0.3) is 5.91 Å². The van der Waals surface area contributed by atoms with Crippen molar-refractivity contribution in [2.75, 3.05) is 23.1 Å². The Balaban J connectivity index is 1.76. The third-order valence-corrected chi connectivity index (χ3v) is 4.48. The van der Waals surface area contributed by atoms with E-state index in [0.717, 1.165) is 5.56 Å². The Morgan fingerprint density at radius 1 is 1.00 bits per heavy atom. The predicted octanol–water partition coefficient (Wildman–Crippen LogP) is 3.70. The lowest BCUT2D eigenvalue weighted by Gasteiger charge is -2.12. The van der Waals surface area contributed by atoms with Crippen LogP contribution in [0.1, 0.15) is 22.8 Å². The number of urea groups is 1. The van der Waals surface area contributed by atoms with E-state index in [9.17, 15) is 14.4 Å². The van der Waals surface area contributed by atoms with Gasteiger partial charge in [-0.1, -0.05) is 18.2 Å². The number of carbonyl (C=O) groups is 3. The van der Waals surface area contributed by atoms with Gasteiger partial charge in [0.05, 0.1) is 18.4 Å². The van der Waals surface area contributed by atoms with E-state index >= 15 is 0 Å². The van der Waals surface area contributed by atoms with Crippen LogP contribution in [0.5, 0.6) is 5.75 Å². The van der Waals surface area contributed by atoms with Crippen molar-refractivity contribution >= 4 is 35.0 Å². The molecule has 31 heavy (non-hydrogen) atoms. The van der Waals surface area contributed by atoms with Gasteiger partial charge in [0.1, 0.15) is 11.6 Å². The number of carbonyl (C=O) groups excluding carboxylic acids is 3. The fraction of sp³-hybridized carbons (Fsp3) is 0.136. The first kappa shape index (κ1) is 21.4. The van der Waals surface area contributed by atoms with Gasteiger partial charge >= 0.3 is 6.03 Å². The van der Waals surface area contributed by atoms with E-state index in [1.807, 2.05) is 19.1 Å². The van der Waals surface area contributed by atoms with Crippen LogP contribution in [0.15, 0.2) is 48.7 Å². The summed E-state index contributed by atoms with van der Waals surface area (Å²) in [5, 5.41) is 8.06. The lowest BCUT2D eigenvalue weighted by molar-refractivity contribution is -0.114. The first-order valence-corrected chi connectivity index (χ1v) is 9.40. The first-order valence-electron chi connectivity index (χ1n) is 9.40. The number of H-pyrrole nitrogens is 1. The summed E-state index contributed by atoms with van der Waals surface area (Å²) in [6.07, 6.45) is 1.59. The maximum absolute atomic E-state index is 12.4. The number of benzene rings is 2. The molecule has 0 aliphatic heterocycles. The summed E-state index contributed by atoms with van der Waals surface area (Å²) in [5.74, 6) is -0.207. The Bertz CT molecular complexity index is 1140. The number of hydrogen-bond donors (Lipinski definition) is 5. The Hall–Kier alpha value is -4.27. The lowest BCUT2D eigenvalue weighted by atomic mass is 10.0. The summed E-state index contributed by atoms with van der Waals surface area (Å²) in [6.45, 7) is 3.25. The number of ether oxygens (including phenoxy) is 1. The Kier molecular flexibility index (Phi) is 6.25. The second kappa shape index (κ2) is 9.04. The Labute approximate surface area is 179 Å². The zero-order valence-electron chi connectivity index (χ0n) is 17.3. The number of nitrogens with two attached hydrogens (primary N) is 1. The zero-order chi connectivity index (χ0) is 22.5. The smallest absolute Gasteiger partial charge is 0.323 e. The average Bonchev–Trinajstić information content (AvgIpc) is 3.11. The van der Waals surface area contributed by atoms with Gasteiger partial charge in [-0.3, -0.25) is 9.59 Å². The summed E-state index contributed by atoms with van der Waals surface area (Å²) in [4.78, 5) is 38.5. The highest BCUT2D eigenvalue weighted by atomic mass is 16.5. The van der Waals surface area contributed by atoms with E-state index in [1.54, 1.807) is 36.5 Å². The number of methoxy groups -OCH3 is 1. The molecule has 0 saturated carbocycles. The van der Waals surface area contributed by atoms with Crippen molar-refractivity contribution in [3.63, 3.8) is 0 Å². The number of aryl methyl sites for hydroxylation is 1. The second-order valence-corrected chi connectivity index (χ2v) is 6.86. The summed E-state index contributed by atoms with van der Waals surface area (Å²) < 4.78 is 5.26. The van der Waals surface area contributed by atoms with Crippen molar-refractivity contribution < 1.29 is 19.1 Å². The molecule has 0 fully saturated rings. The van der Waals surface area contributed by atoms with E-state index in [-0.39, 0.29) is 17.3 Å². The number of aromatic nitrogens is 1. The molecule has 9 nitrogen and oxygen atoms in total. The lowest BCUT2D eigenvalue weighted by Crippen LogP contribution is -2.19. The molecule has 9 heteroatoms. The normalized spacial score (nSPS) is 10.3. The number of primary amides is 1. The van der Waals surface area contributed by atoms with E-state index in [1.165, 1.54) is 14.0 Å². The van der Waals surface area contributed by atoms with Crippen LogP contribution in [-0.4, -0.2) is 29.9 Å². The molecule has 1 aromatic heterocycles. The van der Waals surface area contributed by atoms with Crippen molar-refractivity contribution in [1.29, 1.82) is 0 Å². The molecule has 0 spiro atoms. The van der Waals surface area contributed by atoms with Crippen molar-refractivity contribution in [2.24, 2.45) is 5.73 Å². The number of anilines is 3. The van der Waals surface area contributed by atoms with E-state index in [4.69, 9.17) is 10.5 Å². The van der Waals surface area contributed by atoms with Crippen LogP contribution in [-0.2, 0) is 4.79 Å². The SMILES string of the molecule is COc1ccc(C)cc1NC(=O)Nc1ccc(-c2c[nH]c(NC(C)=O)c2C(N)=O)cc1. The fourth-order valence-electron chi connectivity index (χ4n) is 3.12. The molecule has 1 heterocycles. The molecule has 4 amide bonds. The van der Waals surface area contributed by atoms with Crippen LogP contribution in [0.3, 0.4) is 0 Å². The molecule has 2 aromatic carbocycles. The van der Waals surface area contributed by atoms with Crippen LogP contribution in [0.4, 0.5) is 22.0 Å².